The molecule has 1 aliphatic rings. The van der Waals surface area contributed by atoms with E-state index in [0.717, 1.165) is 0 Å². The molecule has 1 unspecified atom stereocenters. The number of nitrogens with two attached hydrogens (primary N) is 4. The summed E-state index contributed by atoms with van der Waals surface area (Å²) in [6.45, 7) is 3.88. The zero-order valence-electron chi connectivity index (χ0n) is 22.5. The van der Waals surface area contributed by atoms with E-state index < -0.39 is 35.7 Å². The van der Waals surface area contributed by atoms with Crippen LogP contribution in [-0.2, 0) is 16.2 Å². The van der Waals surface area contributed by atoms with E-state index in [1.165, 1.54) is 18.2 Å². The Kier molecular flexibility index (Phi) is 9.90. The summed E-state index contributed by atoms with van der Waals surface area (Å²) in [6, 6.07) is 7.15. The van der Waals surface area contributed by atoms with Crippen LogP contribution >= 0.6 is 0 Å². The number of guanidine groups is 1. The van der Waals surface area contributed by atoms with E-state index in [1.54, 1.807) is 18.2 Å². The Labute approximate surface area is 232 Å². The monoisotopic (exact) mass is 552 g/mol. The van der Waals surface area contributed by atoms with Crippen molar-refractivity contribution in [2.24, 2.45) is 28.1 Å². The molecule has 4 amide bonds. The number of ether oxygens (including phenoxy) is 1. The third-order valence-electron chi connectivity index (χ3n) is 6.64. The first-order valence-electron chi connectivity index (χ1n) is 12.9. The first-order valence-corrected chi connectivity index (χ1v) is 12.9. The number of anilines is 2. The van der Waals surface area contributed by atoms with Crippen molar-refractivity contribution in [2.45, 2.75) is 51.8 Å². The first kappa shape index (κ1) is 29.7. The molecular formula is C27H36N8O5. The van der Waals surface area contributed by atoms with Crippen LogP contribution in [0.2, 0.25) is 0 Å². The molecule has 3 rings (SSSR count). The molecule has 0 saturated carbocycles. The third kappa shape index (κ3) is 7.62. The fourth-order valence-corrected chi connectivity index (χ4v) is 4.15. The van der Waals surface area contributed by atoms with Crippen molar-refractivity contribution in [3.63, 3.8) is 0 Å². The van der Waals surface area contributed by atoms with Crippen molar-refractivity contribution in [3.8, 4) is 5.75 Å². The fraction of sp³-hybridized carbons (Fsp3) is 0.370. The van der Waals surface area contributed by atoms with Crippen molar-refractivity contribution in [3.05, 3.63) is 53.1 Å². The number of nitrogens with zero attached hydrogens (tertiary/aromatic N) is 1. The summed E-state index contributed by atoms with van der Waals surface area (Å²) in [5, 5.41) is 8.36. The van der Waals surface area contributed by atoms with Gasteiger partial charge in [0.2, 0.25) is 17.7 Å². The lowest BCUT2D eigenvalue weighted by molar-refractivity contribution is -0.128. The van der Waals surface area contributed by atoms with Crippen LogP contribution < -0.4 is 43.6 Å². The van der Waals surface area contributed by atoms with E-state index in [9.17, 15) is 19.2 Å². The van der Waals surface area contributed by atoms with Crippen LogP contribution in [0.25, 0.3) is 0 Å². The highest BCUT2D eigenvalue weighted by Crippen LogP contribution is 2.26. The van der Waals surface area contributed by atoms with Gasteiger partial charge in [0.15, 0.2) is 5.96 Å². The predicted molar refractivity (Wildman–Crippen MR) is 151 cm³/mol. The van der Waals surface area contributed by atoms with Gasteiger partial charge in [-0.15, -0.1) is 0 Å². The van der Waals surface area contributed by atoms with Gasteiger partial charge in [-0.1, -0.05) is 26.3 Å². The zero-order chi connectivity index (χ0) is 29.4. The summed E-state index contributed by atoms with van der Waals surface area (Å²) in [4.78, 5) is 56.2. The molecule has 1 heterocycles. The second-order valence-electron chi connectivity index (χ2n) is 9.62. The number of amides is 4. The highest BCUT2D eigenvalue weighted by molar-refractivity contribution is 6.03. The molecule has 0 radical (unpaired) electrons. The molecule has 214 valence electrons. The van der Waals surface area contributed by atoms with E-state index in [1.807, 2.05) is 13.8 Å². The van der Waals surface area contributed by atoms with Crippen molar-refractivity contribution in [2.75, 3.05) is 17.6 Å². The molecule has 11 N–H and O–H groups in total. The average molecular weight is 553 g/mol. The number of fused-ring (bicyclic) bond motifs is 2. The van der Waals surface area contributed by atoms with Crippen LogP contribution in [-0.4, -0.2) is 48.2 Å². The maximum absolute atomic E-state index is 13.5. The third-order valence-corrected chi connectivity index (χ3v) is 6.64. The number of carbonyl (C=O) groups excluding carboxylic acids is 4. The number of aliphatic imine (C=N–C) groups is 1. The van der Waals surface area contributed by atoms with Crippen LogP contribution in [0, 0.1) is 5.92 Å². The second kappa shape index (κ2) is 13.3. The fourth-order valence-electron chi connectivity index (χ4n) is 4.15. The standard InChI is InChI=1S/C27H36N8O5/c1-3-14(2)22-26(39)33-19(5-4-10-32-27(30)31)25(38)34-20-11-15(23(29)36)6-7-16(20)13-40-21-9-8-17(28)12-18(21)24(37)35-22/h6-9,11-12,14,19,22H,3-5,10,13,28H2,1-2H3,(H2,29,36)(H,33,39)(H,34,38)(H,35,37)(H4,30,31,32)/t14-,19-,22?/m0/s1. The van der Waals surface area contributed by atoms with Crippen LogP contribution in [0.3, 0.4) is 0 Å². The normalized spacial score (nSPS) is 18.4. The first-order chi connectivity index (χ1) is 19.0. The molecule has 13 nitrogen and oxygen atoms in total. The number of benzene rings is 2. The topological polar surface area (TPSA) is 230 Å². The molecule has 2 aromatic rings. The minimum atomic E-state index is -1.01. The van der Waals surface area contributed by atoms with Crippen molar-refractivity contribution in [1.82, 2.24) is 10.6 Å². The molecular weight excluding hydrogens is 516 g/mol. The number of carbonyl (C=O) groups is 4. The number of primary amides is 1. The van der Waals surface area contributed by atoms with Gasteiger partial charge in [0.05, 0.1) is 5.56 Å². The molecule has 40 heavy (non-hydrogen) atoms. The lowest BCUT2D eigenvalue weighted by Gasteiger charge is -2.27. The van der Waals surface area contributed by atoms with E-state index >= 15 is 0 Å². The van der Waals surface area contributed by atoms with Gasteiger partial charge in [0.1, 0.15) is 24.4 Å². The van der Waals surface area contributed by atoms with Gasteiger partial charge in [0, 0.05) is 29.0 Å². The minimum Gasteiger partial charge on any atom is -0.488 e. The lowest BCUT2D eigenvalue weighted by Crippen LogP contribution is -2.55. The number of nitrogen functional groups attached to an aromatic ring is 1. The molecule has 0 bridgehead atoms. The van der Waals surface area contributed by atoms with E-state index in [0.29, 0.717) is 24.1 Å². The van der Waals surface area contributed by atoms with Crippen LogP contribution in [0.5, 0.6) is 5.75 Å². The maximum atomic E-state index is 13.5. The SMILES string of the molecule is CC[C@H](C)C1NC(=O)c2cc(N)ccc2OCc2ccc(C(N)=O)cc2NC(=O)[C@H](CCCN=C(N)N)NC1=O. The number of nitrogens with one attached hydrogen (secondary N) is 3. The number of hydrogen-bond donors (Lipinski definition) is 7. The van der Waals surface area contributed by atoms with Crippen LogP contribution in [0.15, 0.2) is 41.4 Å². The predicted octanol–water partition coefficient (Wildman–Crippen LogP) is 0.582. The Hall–Kier alpha value is -4.81. The molecule has 0 fully saturated rings. The van der Waals surface area contributed by atoms with Gasteiger partial charge in [-0.2, -0.15) is 0 Å². The molecule has 0 saturated heterocycles. The Morgan fingerprint density at radius 3 is 2.50 bits per heavy atom. The van der Waals surface area contributed by atoms with Gasteiger partial charge in [-0.05, 0) is 49.1 Å². The average Bonchev–Trinajstić information content (AvgIpc) is 2.91. The molecule has 1 aliphatic heterocycles. The van der Waals surface area contributed by atoms with Crippen LogP contribution in [0.1, 0.15) is 59.4 Å². The van der Waals surface area contributed by atoms with Crippen LogP contribution in [0.4, 0.5) is 11.4 Å². The van der Waals surface area contributed by atoms with Gasteiger partial charge >= 0.3 is 0 Å². The highest BCUT2D eigenvalue weighted by atomic mass is 16.5. The van der Waals surface area contributed by atoms with Gasteiger partial charge in [-0.3, -0.25) is 24.2 Å². The van der Waals surface area contributed by atoms with Gasteiger partial charge in [0.25, 0.3) is 5.91 Å². The summed E-state index contributed by atoms with van der Waals surface area (Å²) >= 11 is 0. The maximum Gasteiger partial charge on any atom is 0.255 e. The van der Waals surface area contributed by atoms with Crippen molar-refractivity contribution in [1.29, 1.82) is 0 Å². The quantitative estimate of drug-likeness (QED) is 0.111. The highest BCUT2D eigenvalue weighted by Gasteiger charge is 2.31. The molecule has 0 aromatic heterocycles. The van der Waals surface area contributed by atoms with Gasteiger partial charge in [-0.25, -0.2) is 0 Å². The summed E-state index contributed by atoms with van der Waals surface area (Å²) in [5.74, 6) is -2.47. The molecule has 3 atom stereocenters. The molecule has 0 aliphatic carbocycles. The van der Waals surface area contributed by atoms with E-state index in [-0.39, 0.29) is 54.0 Å². The number of rotatable bonds is 7. The zero-order valence-corrected chi connectivity index (χ0v) is 22.5. The summed E-state index contributed by atoms with van der Waals surface area (Å²) < 4.78 is 5.97. The lowest BCUT2D eigenvalue weighted by atomic mass is 9.97. The largest absolute Gasteiger partial charge is 0.488 e. The van der Waals surface area contributed by atoms with Crippen molar-refractivity contribution < 1.29 is 23.9 Å². The van der Waals surface area contributed by atoms with Gasteiger partial charge < -0.3 is 43.6 Å². The summed E-state index contributed by atoms with van der Waals surface area (Å²) in [6.07, 6.45) is 1.14. The smallest absolute Gasteiger partial charge is 0.255 e. The van der Waals surface area contributed by atoms with E-state index in [4.69, 9.17) is 27.7 Å². The molecule has 13 heteroatoms. The Morgan fingerprint density at radius 2 is 1.82 bits per heavy atom. The van der Waals surface area contributed by atoms with Crippen molar-refractivity contribution >= 4 is 41.0 Å². The Bertz CT molecular complexity index is 1310. The number of hydrogen-bond acceptors (Lipinski definition) is 7. The second-order valence-corrected chi connectivity index (χ2v) is 9.62. The van der Waals surface area contributed by atoms with E-state index in [2.05, 4.69) is 20.9 Å². The minimum absolute atomic E-state index is 0.0604. The molecule has 0 spiro atoms. The summed E-state index contributed by atoms with van der Waals surface area (Å²) in [5.41, 5.74) is 23.6. The summed E-state index contributed by atoms with van der Waals surface area (Å²) in [7, 11) is 0. The molecule has 2 aromatic carbocycles. The Morgan fingerprint density at radius 1 is 1.07 bits per heavy atom. The Balaban J connectivity index is 2.07.